The van der Waals surface area contributed by atoms with Crippen molar-refractivity contribution in [2.45, 2.75) is 51.9 Å². The van der Waals surface area contributed by atoms with Crippen LogP contribution in [0.5, 0.6) is 5.75 Å². The van der Waals surface area contributed by atoms with Crippen molar-refractivity contribution >= 4 is 5.78 Å². The predicted octanol–water partition coefficient (Wildman–Crippen LogP) is 4.37. The minimum absolute atomic E-state index is 0.0371. The van der Waals surface area contributed by atoms with Crippen molar-refractivity contribution in [3.05, 3.63) is 29.3 Å². The van der Waals surface area contributed by atoms with Gasteiger partial charge < -0.3 is 4.74 Å². The zero-order valence-corrected chi connectivity index (χ0v) is 13.9. The van der Waals surface area contributed by atoms with Crippen LogP contribution in [0.2, 0.25) is 0 Å². The highest BCUT2D eigenvalue weighted by Gasteiger charge is 2.56. The number of carbonyl (C=O) groups excluding carboxylic acids is 1. The lowest BCUT2D eigenvalue weighted by atomic mass is 9.55. The highest BCUT2D eigenvalue weighted by molar-refractivity contribution is 5.89. The second-order valence-corrected chi connectivity index (χ2v) is 7.94. The summed E-state index contributed by atoms with van der Waals surface area (Å²) in [5.74, 6) is 3.74. The minimum Gasteiger partial charge on any atom is -0.497 e. The molecule has 1 aromatic rings. The van der Waals surface area contributed by atoms with Gasteiger partial charge in [-0.2, -0.15) is 0 Å². The number of hydrogen-bond donors (Lipinski definition) is 0. The maximum atomic E-state index is 12.6. The monoisotopic (exact) mass is 298 g/mol. The molecule has 0 spiro atoms. The van der Waals surface area contributed by atoms with Crippen LogP contribution in [0.3, 0.4) is 0 Å². The third-order valence-electron chi connectivity index (χ3n) is 6.94. The Balaban J connectivity index is 1.70. The van der Waals surface area contributed by atoms with Crippen LogP contribution in [0.25, 0.3) is 0 Å². The third-order valence-corrected chi connectivity index (χ3v) is 6.94. The first-order chi connectivity index (χ1) is 10.5. The van der Waals surface area contributed by atoms with Gasteiger partial charge in [0.05, 0.1) is 7.11 Å². The summed E-state index contributed by atoms with van der Waals surface area (Å²) in [6, 6.07) is 6.62. The van der Waals surface area contributed by atoms with Gasteiger partial charge in [0.25, 0.3) is 0 Å². The van der Waals surface area contributed by atoms with Crippen LogP contribution >= 0.6 is 0 Å². The molecular formula is C20H26O2. The molecule has 22 heavy (non-hydrogen) atoms. The number of aryl methyl sites for hydroxylation is 1. The summed E-state index contributed by atoms with van der Waals surface area (Å²) < 4.78 is 5.39. The van der Waals surface area contributed by atoms with E-state index in [4.69, 9.17) is 4.74 Å². The van der Waals surface area contributed by atoms with Crippen molar-refractivity contribution in [3.8, 4) is 5.75 Å². The SMILES string of the molecule is COc1ccc2c(c1)CCC1C2CC[C@]2(C)C(=O)C(C)CC12. The van der Waals surface area contributed by atoms with Crippen LogP contribution in [0.15, 0.2) is 18.2 Å². The molecule has 0 heterocycles. The number of Topliss-reactive ketones (excluding diaryl/α,β-unsaturated/α-hetero) is 1. The van der Waals surface area contributed by atoms with E-state index in [1.165, 1.54) is 24.0 Å². The predicted molar refractivity (Wildman–Crippen MR) is 87.2 cm³/mol. The van der Waals surface area contributed by atoms with Crippen molar-refractivity contribution < 1.29 is 9.53 Å². The fourth-order valence-corrected chi connectivity index (χ4v) is 5.80. The molecule has 2 heteroatoms. The van der Waals surface area contributed by atoms with E-state index in [-0.39, 0.29) is 11.3 Å². The number of benzene rings is 1. The molecule has 2 nitrogen and oxygen atoms in total. The van der Waals surface area contributed by atoms with E-state index < -0.39 is 0 Å². The van der Waals surface area contributed by atoms with Gasteiger partial charge in [-0.1, -0.05) is 19.9 Å². The average Bonchev–Trinajstić information content (AvgIpc) is 2.77. The topological polar surface area (TPSA) is 26.3 Å². The lowest BCUT2D eigenvalue weighted by Gasteiger charge is -2.48. The average molecular weight is 298 g/mol. The lowest BCUT2D eigenvalue weighted by Crippen LogP contribution is -2.42. The fourth-order valence-electron chi connectivity index (χ4n) is 5.80. The number of fused-ring (bicyclic) bond motifs is 5. The molecule has 5 atom stereocenters. The molecule has 0 saturated heterocycles. The molecule has 0 aliphatic heterocycles. The number of ether oxygens (including phenoxy) is 1. The summed E-state index contributed by atoms with van der Waals surface area (Å²) in [5.41, 5.74) is 2.97. The molecule has 1 aromatic carbocycles. The largest absolute Gasteiger partial charge is 0.497 e. The van der Waals surface area contributed by atoms with Gasteiger partial charge in [-0.05, 0) is 73.1 Å². The van der Waals surface area contributed by atoms with E-state index in [9.17, 15) is 4.79 Å². The zero-order valence-electron chi connectivity index (χ0n) is 13.9. The van der Waals surface area contributed by atoms with Gasteiger partial charge in [0.1, 0.15) is 11.5 Å². The molecule has 4 rings (SSSR count). The molecule has 4 unspecified atom stereocenters. The van der Waals surface area contributed by atoms with Gasteiger partial charge >= 0.3 is 0 Å². The molecule has 0 amide bonds. The van der Waals surface area contributed by atoms with Crippen molar-refractivity contribution in [1.82, 2.24) is 0 Å². The number of ketones is 1. The summed E-state index contributed by atoms with van der Waals surface area (Å²) in [5, 5.41) is 0. The normalized spacial score (nSPS) is 39.9. The lowest BCUT2D eigenvalue weighted by molar-refractivity contribution is -0.131. The molecule has 3 aliphatic rings. The molecule has 0 aromatic heterocycles. The Labute approximate surface area is 133 Å². The number of carbonyl (C=O) groups is 1. The second kappa shape index (κ2) is 4.84. The van der Waals surface area contributed by atoms with Gasteiger partial charge in [0.15, 0.2) is 0 Å². The first-order valence-electron chi connectivity index (χ1n) is 8.75. The highest BCUT2D eigenvalue weighted by atomic mass is 16.5. The van der Waals surface area contributed by atoms with Crippen LogP contribution in [0.4, 0.5) is 0 Å². The first kappa shape index (κ1) is 14.3. The number of hydrogen-bond acceptors (Lipinski definition) is 2. The Morgan fingerprint density at radius 2 is 2.09 bits per heavy atom. The van der Waals surface area contributed by atoms with Crippen molar-refractivity contribution in [2.24, 2.45) is 23.2 Å². The van der Waals surface area contributed by atoms with Gasteiger partial charge in [-0.15, -0.1) is 0 Å². The summed E-state index contributed by atoms with van der Waals surface area (Å²) in [6.07, 6.45) is 5.75. The van der Waals surface area contributed by atoms with E-state index in [2.05, 4.69) is 32.0 Å². The maximum absolute atomic E-state index is 12.6. The van der Waals surface area contributed by atoms with Crippen LogP contribution < -0.4 is 4.74 Å². The zero-order chi connectivity index (χ0) is 15.5. The first-order valence-corrected chi connectivity index (χ1v) is 8.75. The van der Waals surface area contributed by atoms with Crippen molar-refractivity contribution in [3.63, 3.8) is 0 Å². The Morgan fingerprint density at radius 1 is 1.27 bits per heavy atom. The molecule has 2 saturated carbocycles. The van der Waals surface area contributed by atoms with Crippen LogP contribution in [-0.4, -0.2) is 12.9 Å². The molecule has 0 N–H and O–H groups in total. The van der Waals surface area contributed by atoms with Crippen LogP contribution in [0.1, 0.15) is 56.6 Å². The Hall–Kier alpha value is -1.31. The second-order valence-electron chi connectivity index (χ2n) is 7.94. The van der Waals surface area contributed by atoms with Crippen LogP contribution in [0, 0.1) is 23.2 Å². The molecule has 3 aliphatic carbocycles. The molecule has 0 radical (unpaired) electrons. The van der Waals surface area contributed by atoms with E-state index in [1.54, 1.807) is 7.11 Å². The summed E-state index contributed by atoms with van der Waals surface area (Å²) >= 11 is 0. The Bertz CT molecular complexity index is 620. The minimum atomic E-state index is -0.0371. The number of methoxy groups -OCH3 is 1. The molecular weight excluding hydrogens is 272 g/mol. The Morgan fingerprint density at radius 3 is 2.86 bits per heavy atom. The smallest absolute Gasteiger partial charge is 0.141 e. The van der Waals surface area contributed by atoms with E-state index >= 15 is 0 Å². The number of rotatable bonds is 1. The van der Waals surface area contributed by atoms with E-state index in [1.807, 2.05) is 0 Å². The summed E-state index contributed by atoms with van der Waals surface area (Å²) in [6.45, 7) is 4.39. The van der Waals surface area contributed by atoms with E-state index in [0.29, 0.717) is 23.5 Å². The third kappa shape index (κ3) is 1.82. The van der Waals surface area contributed by atoms with Gasteiger partial charge in [-0.3, -0.25) is 4.79 Å². The van der Waals surface area contributed by atoms with Gasteiger partial charge in [0, 0.05) is 11.3 Å². The highest BCUT2D eigenvalue weighted by Crippen LogP contribution is 2.60. The van der Waals surface area contributed by atoms with Crippen LogP contribution in [-0.2, 0) is 11.2 Å². The quantitative estimate of drug-likeness (QED) is 0.769. The van der Waals surface area contributed by atoms with Gasteiger partial charge in [0.2, 0.25) is 0 Å². The van der Waals surface area contributed by atoms with Gasteiger partial charge in [-0.25, -0.2) is 0 Å². The Kier molecular flexibility index (Phi) is 3.15. The molecule has 2 fully saturated rings. The molecule has 118 valence electrons. The maximum Gasteiger partial charge on any atom is 0.141 e. The van der Waals surface area contributed by atoms with Crippen molar-refractivity contribution in [2.75, 3.05) is 7.11 Å². The van der Waals surface area contributed by atoms with E-state index in [0.717, 1.165) is 25.0 Å². The molecule has 0 bridgehead atoms. The summed E-state index contributed by atoms with van der Waals surface area (Å²) in [4.78, 5) is 12.6. The standard InChI is InChI=1S/C20H26O2/c1-12-10-18-17-6-4-13-11-14(22-3)5-7-15(13)16(17)8-9-20(18,2)19(12)21/h5,7,11-12,16-18H,4,6,8-10H2,1-3H3/t12?,16?,17?,18?,20-/m0/s1. The summed E-state index contributed by atoms with van der Waals surface area (Å²) in [7, 11) is 1.74. The van der Waals surface area contributed by atoms with Crippen molar-refractivity contribution in [1.29, 1.82) is 0 Å². The fraction of sp³-hybridized carbons (Fsp3) is 0.650.